The fraction of sp³-hybridized carbons (Fsp3) is 0.333. The summed E-state index contributed by atoms with van der Waals surface area (Å²) in [6.45, 7) is 3.59. The number of fused-ring (bicyclic) bond motifs is 1. The molecule has 0 amide bonds. The lowest BCUT2D eigenvalue weighted by Gasteiger charge is -2.12. The second-order valence-electron chi connectivity index (χ2n) is 6.32. The van der Waals surface area contributed by atoms with Gasteiger partial charge in [-0.1, -0.05) is 41.6 Å². The Labute approximate surface area is 164 Å². The number of rotatable bonds is 5. The average Bonchev–Trinajstić information content (AvgIpc) is 2.98. The van der Waals surface area contributed by atoms with Crippen molar-refractivity contribution in [1.82, 2.24) is 18.7 Å². The number of thioether (sulfide) groups is 1. The predicted octanol–water partition coefficient (Wildman–Crippen LogP) is 2.20. The Morgan fingerprint density at radius 3 is 2.52 bits per heavy atom. The van der Waals surface area contributed by atoms with Crippen LogP contribution in [-0.4, -0.2) is 29.7 Å². The number of imidazole rings is 1. The van der Waals surface area contributed by atoms with Crippen molar-refractivity contribution in [3.63, 3.8) is 0 Å². The van der Waals surface area contributed by atoms with Crippen molar-refractivity contribution in [2.24, 2.45) is 14.1 Å². The molecular weight excluding hydrogens is 388 g/mol. The van der Waals surface area contributed by atoms with Crippen molar-refractivity contribution in [2.75, 3.05) is 0 Å². The highest BCUT2D eigenvalue weighted by atomic mass is 35.5. The van der Waals surface area contributed by atoms with Gasteiger partial charge in [0.15, 0.2) is 16.3 Å². The van der Waals surface area contributed by atoms with Gasteiger partial charge in [-0.15, -0.1) is 0 Å². The molecular formula is C18H19ClN4O3S. The summed E-state index contributed by atoms with van der Waals surface area (Å²) >= 11 is 7.55. The van der Waals surface area contributed by atoms with Crippen LogP contribution in [0.3, 0.4) is 0 Å². The van der Waals surface area contributed by atoms with Crippen LogP contribution >= 0.6 is 23.4 Å². The van der Waals surface area contributed by atoms with Crippen LogP contribution in [0.4, 0.5) is 0 Å². The molecule has 0 bridgehead atoms. The summed E-state index contributed by atoms with van der Waals surface area (Å²) < 4.78 is 4.11. The van der Waals surface area contributed by atoms with Crippen LogP contribution in [0.15, 0.2) is 39.0 Å². The highest BCUT2D eigenvalue weighted by Crippen LogP contribution is 2.28. The van der Waals surface area contributed by atoms with E-state index >= 15 is 0 Å². The molecule has 3 rings (SSSR count). The topological polar surface area (TPSA) is 78.9 Å². The van der Waals surface area contributed by atoms with Crippen molar-refractivity contribution >= 4 is 40.3 Å². The van der Waals surface area contributed by atoms with E-state index in [1.807, 2.05) is 18.2 Å². The quantitative estimate of drug-likeness (QED) is 0.607. The number of hydrogen-bond donors (Lipinski definition) is 0. The van der Waals surface area contributed by atoms with Crippen molar-refractivity contribution in [3.05, 3.63) is 55.7 Å². The summed E-state index contributed by atoms with van der Waals surface area (Å²) in [6.07, 6.45) is 0. The second kappa shape index (κ2) is 7.36. The zero-order valence-corrected chi connectivity index (χ0v) is 17.0. The molecule has 2 aromatic heterocycles. The molecule has 0 saturated carbocycles. The minimum Gasteiger partial charge on any atom is -0.309 e. The maximum absolute atomic E-state index is 12.8. The van der Waals surface area contributed by atoms with E-state index in [2.05, 4.69) is 4.98 Å². The first kappa shape index (κ1) is 19.4. The van der Waals surface area contributed by atoms with Gasteiger partial charge in [-0.25, -0.2) is 9.78 Å². The first-order valence-electron chi connectivity index (χ1n) is 8.29. The largest absolute Gasteiger partial charge is 0.332 e. The van der Waals surface area contributed by atoms with E-state index in [4.69, 9.17) is 11.6 Å². The Kier molecular flexibility index (Phi) is 5.30. The molecule has 0 aliphatic heterocycles. The lowest BCUT2D eigenvalue weighted by atomic mass is 10.2. The zero-order valence-electron chi connectivity index (χ0n) is 15.4. The molecule has 0 radical (unpaired) electrons. The van der Waals surface area contributed by atoms with Gasteiger partial charge in [0.25, 0.3) is 5.56 Å². The van der Waals surface area contributed by atoms with E-state index in [-0.39, 0.29) is 16.7 Å². The number of carbonyl (C=O) groups excluding carboxylic acids is 1. The first-order valence-corrected chi connectivity index (χ1v) is 9.55. The molecule has 1 atom stereocenters. The smallest absolute Gasteiger partial charge is 0.309 e. The summed E-state index contributed by atoms with van der Waals surface area (Å²) in [4.78, 5) is 41.3. The summed E-state index contributed by atoms with van der Waals surface area (Å²) in [5, 5.41) is 0.718. The van der Waals surface area contributed by atoms with Crippen LogP contribution < -0.4 is 11.2 Å². The van der Waals surface area contributed by atoms with E-state index in [1.54, 1.807) is 24.6 Å². The van der Waals surface area contributed by atoms with Crippen LogP contribution in [0.25, 0.3) is 11.2 Å². The predicted molar refractivity (Wildman–Crippen MR) is 107 cm³/mol. The number of aryl methyl sites for hydroxylation is 1. The lowest BCUT2D eigenvalue weighted by molar-refractivity contribution is -0.116. The molecule has 9 heteroatoms. The van der Waals surface area contributed by atoms with Gasteiger partial charge in [-0.05, 0) is 25.5 Å². The van der Waals surface area contributed by atoms with Crippen LogP contribution in [0.2, 0.25) is 5.02 Å². The fourth-order valence-corrected chi connectivity index (χ4v) is 3.80. The number of ketones is 1. The van der Waals surface area contributed by atoms with Crippen molar-refractivity contribution < 1.29 is 4.79 Å². The Hall–Kier alpha value is -2.32. The third-order valence-electron chi connectivity index (χ3n) is 4.45. The highest BCUT2D eigenvalue weighted by molar-refractivity contribution is 8.00. The number of benzene rings is 1. The number of aromatic nitrogens is 4. The summed E-state index contributed by atoms with van der Waals surface area (Å²) in [6, 6.07) is 7.33. The van der Waals surface area contributed by atoms with Crippen molar-refractivity contribution in [1.29, 1.82) is 0 Å². The van der Waals surface area contributed by atoms with Gasteiger partial charge in [-0.2, -0.15) is 0 Å². The van der Waals surface area contributed by atoms with E-state index in [9.17, 15) is 14.4 Å². The van der Waals surface area contributed by atoms with Crippen LogP contribution in [0.1, 0.15) is 19.4 Å². The maximum atomic E-state index is 12.8. The second-order valence-corrected chi connectivity index (χ2v) is 8.04. The third kappa shape index (κ3) is 3.46. The molecule has 0 N–H and O–H groups in total. The molecule has 142 valence electrons. The summed E-state index contributed by atoms with van der Waals surface area (Å²) in [5.41, 5.74) is 0.513. The third-order valence-corrected chi connectivity index (χ3v) is 6.03. The number of carbonyl (C=O) groups is 1. The van der Waals surface area contributed by atoms with E-state index < -0.39 is 11.2 Å². The number of nitrogens with zero attached hydrogens (tertiary/aromatic N) is 4. The van der Waals surface area contributed by atoms with Gasteiger partial charge in [0, 0.05) is 19.1 Å². The van der Waals surface area contributed by atoms with Gasteiger partial charge in [-0.3, -0.25) is 18.7 Å². The molecule has 1 aromatic carbocycles. The normalized spacial score (nSPS) is 12.5. The van der Waals surface area contributed by atoms with Gasteiger partial charge in [0.05, 0.1) is 11.8 Å². The SMILES string of the molecule is CC(=O)C(C)Sc1nc2c(c(=O)n(C)c(=O)n2C)n1Cc1ccccc1Cl. The Bertz CT molecular complexity index is 1160. The fourth-order valence-electron chi connectivity index (χ4n) is 2.70. The van der Waals surface area contributed by atoms with Crippen molar-refractivity contribution in [3.8, 4) is 0 Å². The first-order chi connectivity index (χ1) is 12.7. The molecule has 0 saturated heterocycles. The highest BCUT2D eigenvalue weighted by Gasteiger charge is 2.22. The Balaban J connectivity index is 2.30. The van der Waals surface area contributed by atoms with Gasteiger partial charge in [0.1, 0.15) is 5.78 Å². The Morgan fingerprint density at radius 1 is 1.22 bits per heavy atom. The minimum absolute atomic E-state index is 0.00172. The van der Waals surface area contributed by atoms with Gasteiger partial charge >= 0.3 is 5.69 Å². The molecule has 7 nitrogen and oxygen atoms in total. The standard InChI is InChI=1S/C18H19ClN4O3S/c1-10(24)11(2)27-17-20-15-14(16(25)22(4)18(26)21(15)3)23(17)9-12-7-5-6-8-13(12)19/h5-8,11H,9H2,1-4H3. The number of halogens is 1. The molecule has 3 aromatic rings. The van der Waals surface area contributed by atoms with E-state index in [0.717, 1.165) is 10.1 Å². The maximum Gasteiger partial charge on any atom is 0.332 e. The molecule has 27 heavy (non-hydrogen) atoms. The van der Waals surface area contributed by atoms with Crippen LogP contribution in [0.5, 0.6) is 0 Å². The number of hydrogen-bond acceptors (Lipinski definition) is 5. The summed E-state index contributed by atoms with van der Waals surface area (Å²) in [5.74, 6) is -0.00172. The molecule has 1 unspecified atom stereocenters. The average molecular weight is 407 g/mol. The van der Waals surface area contributed by atoms with Crippen LogP contribution in [0, 0.1) is 0 Å². The van der Waals surface area contributed by atoms with E-state index in [1.165, 1.54) is 30.3 Å². The Morgan fingerprint density at radius 2 is 1.89 bits per heavy atom. The number of Topliss-reactive ketones (excluding diaryl/α,β-unsaturated/α-hetero) is 1. The molecule has 0 aliphatic rings. The van der Waals surface area contributed by atoms with Gasteiger partial charge < -0.3 is 4.57 Å². The lowest BCUT2D eigenvalue weighted by Crippen LogP contribution is -2.37. The molecule has 0 aliphatic carbocycles. The molecule has 2 heterocycles. The molecule has 0 spiro atoms. The van der Waals surface area contributed by atoms with E-state index in [0.29, 0.717) is 22.2 Å². The van der Waals surface area contributed by atoms with Crippen molar-refractivity contribution in [2.45, 2.75) is 30.8 Å². The zero-order chi connectivity index (χ0) is 19.9. The minimum atomic E-state index is -0.453. The monoisotopic (exact) mass is 406 g/mol. The van der Waals surface area contributed by atoms with Gasteiger partial charge in [0.2, 0.25) is 0 Å². The van der Waals surface area contributed by atoms with Crippen LogP contribution in [-0.2, 0) is 25.4 Å². The summed E-state index contributed by atoms with van der Waals surface area (Å²) in [7, 11) is 3.00. The molecule has 0 fully saturated rings.